The molecule has 3 fully saturated rings. The largest absolute Gasteiger partial charge is 0.299 e. The highest BCUT2D eigenvalue weighted by Gasteiger charge is 2.58. The van der Waals surface area contributed by atoms with Crippen LogP contribution in [0.5, 0.6) is 0 Å². The van der Waals surface area contributed by atoms with Crippen LogP contribution in [0.2, 0.25) is 0 Å². The zero-order valence-corrected chi connectivity index (χ0v) is 13.0. The monoisotopic (exact) mass is 284 g/mol. The SMILES string of the molecule is C[C@@]12CC[C@@H]3[C@@H](CCC4=CC(=O)C=C[C@]43C)[C@@H]1CCC2=O. The van der Waals surface area contributed by atoms with Gasteiger partial charge >= 0.3 is 0 Å². The van der Waals surface area contributed by atoms with Crippen LogP contribution in [0.1, 0.15) is 52.4 Å². The van der Waals surface area contributed by atoms with Gasteiger partial charge in [-0.25, -0.2) is 0 Å². The summed E-state index contributed by atoms with van der Waals surface area (Å²) >= 11 is 0. The molecule has 0 saturated heterocycles. The molecule has 0 aliphatic heterocycles. The molecule has 0 amide bonds. The number of carbonyl (C=O) groups is 2. The van der Waals surface area contributed by atoms with Crippen molar-refractivity contribution < 1.29 is 9.59 Å². The minimum atomic E-state index is -0.0487. The summed E-state index contributed by atoms with van der Waals surface area (Å²) in [7, 11) is 0. The van der Waals surface area contributed by atoms with E-state index in [2.05, 4.69) is 19.9 Å². The average molecular weight is 284 g/mol. The lowest BCUT2D eigenvalue weighted by atomic mass is 9.48. The fourth-order valence-electron chi connectivity index (χ4n) is 5.97. The van der Waals surface area contributed by atoms with Crippen LogP contribution in [0.3, 0.4) is 0 Å². The molecule has 0 radical (unpaired) electrons. The lowest BCUT2D eigenvalue weighted by Gasteiger charge is -2.55. The summed E-state index contributed by atoms with van der Waals surface area (Å²) in [6.45, 7) is 4.54. The van der Waals surface area contributed by atoms with Crippen LogP contribution in [0.15, 0.2) is 23.8 Å². The number of allylic oxidation sites excluding steroid dienone is 4. The van der Waals surface area contributed by atoms with Gasteiger partial charge in [-0.15, -0.1) is 0 Å². The maximum Gasteiger partial charge on any atom is 0.178 e. The van der Waals surface area contributed by atoms with Gasteiger partial charge in [0.15, 0.2) is 5.78 Å². The third kappa shape index (κ3) is 1.65. The third-order valence-electron chi connectivity index (χ3n) is 7.27. The van der Waals surface area contributed by atoms with E-state index in [9.17, 15) is 9.59 Å². The van der Waals surface area contributed by atoms with Crippen molar-refractivity contribution in [1.82, 2.24) is 0 Å². The van der Waals surface area contributed by atoms with Gasteiger partial charge in [-0.3, -0.25) is 9.59 Å². The van der Waals surface area contributed by atoms with Gasteiger partial charge in [0.1, 0.15) is 5.78 Å². The number of hydrogen-bond donors (Lipinski definition) is 0. The smallest absolute Gasteiger partial charge is 0.178 e. The van der Waals surface area contributed by atoms with Gasteiger partial charge in [-0.2, -0.15) is 0 Å². The zero-order valence-electron chi connectivity index (χ0n) is 13.0. The normalized spacial score (nSPS) is 48.5. The van der Waals surface area contributed by atoms with Crippen LogP contribution in [0.25, 0.3) is 0 Å². The minimum Gasteiger partial charge on any atom is -0.299 e. The van der Waals surface area contributed by atoms with Gasteiger partial charge in [0, 0.05) is 17.3 Å². The molecule has 4 aliphatic rings. The van der Waals surface area contributed by atoms with E-state index in [1.165, 1.54) is 12.0 Å². The van der Waals surface area contributed by atoms with Crippen molar-refractivity contribution in [2.45, 2.75) is 52.4 Å². The molecule has 0 bridgehead atoms. The van der Waals surface area contributed by atoms with Gasteiger partial charge in [0.05, 0.1) is 0 Å². The molecule has 0 heterocycles. The Morgan fingerprint density at radius 2 is 1.86 bits per heavy atom. The fourth-order valence-corrected chi connectivity index (χ4v) is 5.97. The Hall–Kier alpha value is -1.18. The molecule has 21 heavy (non-hydrogen) atoms. The van der Waals surface area contributed by atoms with Gasteiger partial charge in [-0.1, -0.05) is 25.5 Å². The van der Waals surface area contributed by atoms with E-state index in [1.54, 1.807) is 6.08 Å². The molecule has 4 rings (SSSR count). The molecular weight excluding hydrogens is 260 g/mol. The highest BCUT2D eigenvalue weighted by atomic mass is 16.1. The maximum absolute atomic E-state index is 12.3. The highest BCUT2D eigenvalue weighted by molar-refractivity contribution is 6.01. The molecule has 3 saturated carbocycles. The lowest BCUT2D eigenvalue weighted by molar-refractivity contribution is -0.131. The van der Waals surface area contributed by atoms with E-state index >= 15 is 0 Å². The van der Waals surface area contributed by atoms with Crippen LogP contribution < -0.4 is 0 Å². The third-order valence-corrected chi connectivity index (χ3v) is 7.27. The van der Waals surface area contributed by atoms with Crippen LogP contribution in [0.4, 0.5) is 0 Å². The second-order valence-corrected chi connectivity index (χ2v) is 8.02. The molecule has 112 valence electrons. The lowest BCUT2D eigenvalue weighted by Crippen LogP contribution is -2.49. The van der Waals surface area contributed by atoms with Crippen molar-refractivity contribution in [3.8, 4) is 0 Å². The standard InChI is InChI=1S/C19H24O2/c1-18-9-7-13(20)11-12(18)3-4-14-15-5-6-17(21)19(15,2)10-8-16(14)18/h7,9,11,14-16H,3-6,8,10H2,1-2H3/t14-,15-,16+,18+,19+/m0/s1. The van der Waals surface area contributed by atoms with E-state index in [1.807, 2.05) is 6.08 Å². The first-order chi connectivity index (χ1) is 9.95. The zero-order chi connectivity index (χ0) is 14.8. The van der Waals surface area contributed by atoms with E-state index in [0.29, 0.717) is 23.5 Å². The van der Waals surface area contributed by atoms with Crippen molar-refractivity contribution in [3.05, 3.63) is 23.8 Å². The molecule has 5 atom stereocenters. The van der Waals surface area contributed by atoms with Crippen LogP contribution >= 0.6 is 0 Å². The van der Waals surface area contributed by atoms with Gasteiger partial charge < -0.3 is 0 Å². The molecule has 0 aromatic heterocycles. The van der Waals surface area contributed by atoms with Crippen LogP contribution in [-0.4, -0.2) is 11.6 Å². The summed E-state index contributed by atoms with van der Waals surface area (Å²) < 4.78 is 0. The van der Waals surface area contributed by atoms with Gasteiger partial charge in [0.2, 0.25) is 0 Å². The predicted molar refractivity (Wildman–Crippen MR) is 81.6 cm³/mol. The molecule has 0 N–H and O–H groups in total. The van der Waals surface area contributed by atoms with Crippen LogP contribution in [-0.2, 0) is 9.59 Å². The minimum absolute atomic E-state index is 0.0487. The first-order valence-electron chi connectivity index (χ1n) is 8.43. The van der Waals surface area contributed by atoms with Gasteiger partial charge in [0.25, 0.3) is 0 Å². The number of rotatable bonds is 0. The molecule has 0 aromatic carbocycles. The molecule has 0 unspecified atom stereocenters. The Morgan fingerprint density at radius 1 is 1.05 bits per heavy atom. The summed E-state index contributed by atoms with van der Waals surface area (Å²) in [5.41, 5.74) is 1.35. The molecule has 4 aliphatic carbocycles. The number of Topliss-reactive ketones (excluding diaryl/α,β-unsaturated/α-hetero) is 1. The number of carbonyl (C=O) groups excluding carboxylic acids is 2. The van der Waals surface area contributed by atoms with Gasteiger partial charge in [-0.05, 0) is 62.0 Å². The molecular formula is C19H24O2. The highest BCUT2D eigenvalue weighted by Crippen LogP contribution is 2.63. The van der Waals surface area contributed by atoms with Crippen molar-refractivity contribution in [2.75, 3.05) is 0 Å². The second-order valence-electron chi connectivity index (χ2n) is 8.02. The Labute approximate surface area is 126 Å². The summed E-state index contributed by atoms with van der Waals surface area (Å²) in [6, 6.07) is 0. The van der Waals surface area contributed by atoms with Crippen molar-refractivity contribution in [1.29, 1.82) is 0 Å². The van der Waals surface area contributed by atoms with E-state index in [4.69, 9.17) is 0 Å². The summed E-state index contributed by atoms with van der Waals surface area (Å²) in [6.07, 6.45) is 12.1. The Kier molecular flexibility index (Phi) is 2.68. The summed E-state index contributed by atoms with van der Waals surface area (Å²) in [5.74, 6) is 2.51. The summed E-state index contributed by atoms with van der Waals surface area (Å²) in [4.78, 5) is 24.0. The summed E-state index contributed by atoms with van der Waals surface area (Å²) in [5, 5.41) is 0. The van der Waals surface area contributed by atoms with Crippen molar-refractivity contribution >= 4 is 11.6 Å². The Balaban J connectivity index is 1.72. The Bertz CT molecular complexity index is 584. The number of ketones is 2. The fraction of sp³-hybridized carbons (Fsp3) is 0.684. The first-order valence-corrected chi connectivity index (χ1v) is 8.43. The average Bonchev–Trinajstić information content (AvgIpc) is 2.76. The van der Waals surface area contributed by atoms with Crippen molar-refractivity contribution in [3.63, 3.8) is 0 Å². The molecule has 2 nitrogen and oxygen atoms in total. The van der Waals surface area contributed by atoms with E-state index in [0.717, 1.165) is 32.1 Å². The number of hydrogen-bond acceptors (Lipinski definition) is 2. The van der Waals surface area contributed by atoms with Crippen LogP contribution in [0, 0.1) is 28.6 Å². The molecule has 2 heteroatoms. The first kappa shape index (κ1) is 13.5. The number of fused-ring (bicyclic) bond motifs is 5. The topological polar surface area (TPSA) is 34.1 Å². The van der Waals surface area contributed by atoms with Crippen molar-refractivity contribution in [2.24, 2.45) is 28.6 Å². The molecule has 0 spiro atoms. The molecule has 0 aromatic rings. The quantitative estimate of drug-likeness (QED) is 0.677. The second kappa shape index (κ2) is 4.18. The maximum atomic E-state index is 12.3. The van der Waals surface area contributed by atoms with E-state index < -0.39 is 0 Å². The van der Waals surface area contributed by atoms with E-state index in [-0.39, 0.29) is 16.6 Å². The Morgan fingerprint density at radius 3 is 2.67 bits per heavy atom. The predicted octanol–water partition coefficient (Wildman–Crippen LogP) is 3.86.